The van der Waals surface area contributed by atoms with Gasteiger partial charge in [-0.3, -0.25) is 19.1 Å². The Kier molecular flexibility index (Phi) is 6.54. The zero-order valence-electron chi connectivity index (χ0n) is 19.7. The lowest BCUT2D eigenvalue weighted by molar-refractivity contribution is -0.133. The normalized spacial score (nSPS) is 21.3. The van der Waals surface area contributed by atoms with Gasteiger partial charge in [-0.15, -0.1) is 0 Å². The minimum absolute atomic E-state index is 0.138. The number of fused-ring (bicyclic) bond motifs is 1. The van der Waals surface area contributed by atoms with Gasteiger partial charge >= 0.3 is 0 Å². The predicted molar refractivity (Wildman–Crippen MR) is 126 cm³/mol. The molecule has 1 atom stereocenters. The van der Waals surface area contributed by atoms with Crippen LogP contribution in [0.25, 0.3) is 0 Å². The molecule has 2 N–H and O–H groups in total. The summed E-state index contributed by atoms with van der Waals surface area (Å²) in [5.41, 5.74) is 1.18. The SMILES string of the molecule is CCc1cccc(NC(=O)c2cc3n(n2)CC(C)(C(=O)NC2CCCCCC2)N(C)C3=O)c1. The number of nitrogens with one attached hydrogen (secondary N) is 2. The van der Waals surface area contributed by atoms with Crippen molar-refractivity contribution in [1.82, 2.24) is 20.0 Å². The smallest absolute Gasteiger partial charge is 0.276 e. The Bertz CT molecular complexity index is 1050. The van der Waals surface area contributed by atoms with Gasteiger partial charge in [0.25, 0.3) is 11.8 Å². The van der Waals surface area contributed by atoms with Crippen LogP contribution in [0.15, 0.2) is 30.3 Å². The maximum absolute atomic E-state index is 13.3. The van der Waals surface area contributed by atoms with Crippen molar-refractivity contribution < 1.29 is 14.4 Å². The van der Waals surface area contributed by atoms with Crippen LogP contribution >= 0.6 is 0 Å². The molecule has 1 fully saturated rings. The second kappa shape index (κ2) is 9.37. The predicted octanol–water partition coefficient (Wildman–Crippen LogP) is 3.38. The molecule has 8 heteroatoms. The highest BCUT2D eigenvalue weighted by atomic mass is 16.2. The molecule has 1 aromatic carbocycles. The number of carbonyl (C=O) groups excluding carboxylic acids is 3. The third kappa shape index (κ3) is 4.65. The van der Waals surface area contributed by atoms with Crippen molar-refractivity contribution in [3.05, 3.63) is 47.3 Å². The van der Waals surface area contributed by atoms with Gasteiger partial charge in [0, 0.05) is 24.8 Å². The van der Waals surface area contributed by atoms with E-state index in [1.165, 1.54) is 28.5 Å². The molecule has 0 spiro atoms. The Morgan fingerprint density at radius 2 is 1.88 bits per heavy atom. The maximum atomic E-state index is 13.3. The lowest BCUT2D eigenvalue weighted by atomic mass is 9.95. The standard InChI is InChI=1S/C25H33N5O3/c1-4-17-10-9-13-19(14-17)26-22(31)20-15-21-23(32)29(3)25(2,16-30(21)28-20)24(33)27-18-11-7-5-6-8-12-18/h9-10,13-15,18H,4-8,11-12,16H2,1-3H3,(H,26,31)(H,27,33). The summed E-state index contributed by atoms with van der Waals surface area (Å²) in [6.07, 6.45) is 7.42. The molecule has 1 saturated carbocycles. The monoisotopic (exact) mass is 451 g/mol. The number of rotatable bonds is 5. The maximum Gasteiger partial charge on any atom is 0.276 e. The van der Waals surface area contributed by atoms with Crippen LogP contribution in [0.3, 0.4) is 0 Å². The second-order valence-electron chi connectivity index (χ2n) is 9.38. The van der Waals surface area contributed by atoms with Crippen LogP contribution in [-0.2, 0) is 17.8 Å². The first kappa shape index (κ1) is 23.0. The molecule has 1 aliphatic heterocycles. The van der Waals surface area contributed by atoms with E-state index >= 15 is 0 Å². The summed E-state index contributed by atoms with van der Waals surface area (Å²) in [7, 11) is 1.64. The van der Waals surface area contributed by atoms with E-state index in [1.807, 2.05) is 24.3 Å². The summed E-state index contributed by atoms with van der Waals surface area (Å²) >= 11 is 0. The van der Waals surface area contributed by atoms with Crippen molar-refractivity contribution in [2.45, 2.75) is 76.9 Å². The number of aryl methyl sites for hydroxylation is 1. The molecule has 1 unspecified atom stereocenters. The van der Waals surface area contributed by atoms with Crippen molar-refractivity contribution in [3.63, 3.8) is 0 Å². The minimum atomic E-state index is -1.08. The van der Waals surface area contributed by atoms with Crippen LogP contribution in [-0.4, -0.2) is 51.0 Å². The number of amides is 3. The zero-order chi connectivity index (χ0) is 23.6. The van der Waals surface area contributed by atoms with Gasteiger partial charge in [-0.05, 0) is 43.9 Å². The zero-order valence-corrected chi connectivity index (χ0v) is 19.7. The Balaban J connectivity index is 1.52. The van der Waals surface area contributed by atoms with Gasteiger partial charge < -0.3 is 15.5 Å². The molecular formula is C25H33N5O3. The Labute approximate surface area is 194 Å². The molecule has 1 aliphatic carbocycles. The van der Waals surface area contributed by atoms with Crippen molar-refractivity contribution in [2.75, 3.05) is 12.4 Å². The number of likely N-dealkylation sites (N-methyl/N-ethyl adjacent to an activating group) is 1. The summed E-state index contributed by atoms with van der Waals surface area (Å²) in [5, 5.41) is 10.4. The van der Waals surface area contributed by atoms with E-state index in [9.17, 15) is 14.4 Å². The highest BCUT2D eigenvalue weighted by molar-refractivity contribution is 6.05. The van der Waals surface area contributed by atoms with E-state index in [1.54, 1.807) is 14.0 Å². The van der Waals surface area contributed by atoms with Crippen LogP contribution < -0.4 is 10.6 Å². The van der Waals surface area contributed by atoms with E-state index in [0.717, 1.165) is 37.7 Å². The van der Waals surface area contributed by atoms with Gasteiger partial charge in [0.15, 0.2) is 5.69 Å². The summed E-state index contributed by atoms with van der Waals surface area (Å²) in [4.78, 5) is 40.7. The number of carbonyl (C=O) groups is 3. The molecular weight excluding hydrogens is 418 g/mol. The number of aromatic nitrogens is 2. The van der Waals surface area contributed by atoms with E-state index in [-0.39, 0.29) is 36.0 Å². The van der Waals surface area contributed by atoms with E-state index < -0.39 is 5.54 Å². The fraction of sp³-hybridized carbons (Fsp3) is 0.520. The van der Waals surface area contributed by atoms with Gasteiger partial charge in [-0.2, -0.15) is 5.10 Å². The molecule has 0 radical (unpaired) electrons. The van der Waals surface area contributed by atoms with Gasteiger partial charge in [-0.1, -0.05) is 44.7 Å². The molecule has 0 saturated heterocycles. The highest BCUT2D eigenvalue weighted by Crippen LogP contribution is 2.27. The van der Waals surface area contributed by atoms with Crippen LogP contribution in [0.2, 0.25) is 0 Å². The summed E-state index contributed by atoms with van der Waals surface area (Å²) < 4.78 is 1.49. The fourth-order valence-corrected chi connectivity index (χ4v) is 4.67. The second-order valence-corrected chi connectivity index (χ2v) is 9.38. The molecule has 2 aromatic rings. The number of hydrogen-bond acceptors (Lipinski definition) is 4. The molecule has 2 heterocycles. The van der Waals surface area contributed by atoms with E-state index in [4.69, 9.17) is 0 Å². The molecule has 0 bridgehead atoms. The van der Waals surface area contributed by atoms with Crippen LogP contribution in [0.4, 0.5) is 5.69 Å². The van der Waals surface area contributed by atoms with Gasteiger partial charge in [0.05, 0.1) is 6.54 Å². The molecule has 3 amide bonds. The summed E-state index contributed by atoms with van der Waals surface area (Å²) in [5.74, 6) is -0.877. The molecule has 2 aliphatic rings. The van der Waals surface area contributed by atoms with Crippen molar-refractivity contribution in [2.24, 2.45) is 0 Å². The molecule has 8 nitrogen and oxygen atoms in total. The van der Waals surface area contributed by atoms with E-state index in [0.29, 0.717) is 11.4 Å². The average molecular weight is 452 g/mol. The number of nitrogens with zero attached hydrogens (tertiary/aromatic N) is 3. The number of benzene rings is 1. The first-order valence-electron chi connectivity index (χ1n) is 11.9. The lowest BCUT2D eigenvalue weighted by Gasteiger charge is -2.41. The van der Waals surface area contributed by atoms with Crippen LogP contribution in [0.5, 0.6) is 0 Å². The van der Waals surface area contributed by atoms with E-state index in [2.05, 4.69) is 22.7 Å². The van der Waals surface area contributed by atoms with Gasteiger partial charge in [0.1, 0.15) is 11.2 Å². The molecule has 176 valence electrons. The van der Waals surface area contributed by atoms with Crippen LogP contribution in [0.1, 0.15) is 78.9 Å². The minimum Gasteiger partial charge on any atom is -0.351 e. The van der Waals surface area contributed by atoms with Crippen molar-refractivity contribution in [3.8, 4) is 0 Å². The van der Waals surface area contributed by atoms with Crippen LogP contribution in [0, 0.1) is 0 Å². The van der Waals surface area contributed by atoms with Gasteiger partial charge in [0.2, 0.25) is 5.91 Å². The Morgan fingerprint density at radius 3 is 2.58 bits per heavy atom. The van der Waals surface area contributed by atoms with Crippen molar-refractivity contribution in [1.29, 1.82) is 0 Å². The highest BCUT2D eigenvalue weighted by Gasteiger charge is 2.46. The first-order chi connectivity index (χ1) is 15.8. The quantitative estimate of drug-likeness (QED) is 0.681. The Morgan fingerprint density at radius 1 is 1.15 bits per heavy atom. The third-order valence-corrected chi connectivity index (χ3v) is 7.01. The Hall–Kier alpha value is -3.16. The topological polar surface area (TPSA) is 96.3 Å². The summed E-state index contributed by atoms with van der Waals surface area (Å²) in [6.45, 7) is 4.01. The average Bonchev–Trinajstić information content (AvgIpc) is 3.06. The summed E-state index contributed by atoms with van der Waals surface area (Å²) in [6, 6.07) is 9.27. The molecule has 4 rings (SSSR count). The number of hydrogen-bond donors (Lipinski definition) is 2. The van der Waals surface area contributed by atoms with Crippen molar-refractivity contribution >= 4 is 23.4 Å². The first-order valence-corrected chi connectivity index (χ1v) is 11.9. The largest absolute Gasteiger partial charge is 0.351 e. The fourth-order valence-electron chi connectivity index (χ4n) is 4.67. The lowest BCUT2D eigenvalue weighted by Crippen LogP contribution is -2.63. The molecule has 1 aromatic heterocycles. The molecule has 33 heavy (non-hydrogen) atoms. The number of anilines is 1. The van der Waals surface area contributed by atoms with Gasteiger partial charge in [-0.25, -0.2) is 0 Å². The third-order valence-electron chi connectivity index (χ3n) is 7.01.